The Balaban J connectivity index is 1.59. The Morgan fingerprint density at radius 2 is 1.75 bits per heavy atom. The van der Waals surface area contributed by atoms with E-state index in [4.69, 9.17) is 4.74 Å². The molecule has 0 aliphatic carbocycles. The van der Waals surface area contributed by atoms with E-state index in [1.165, 1.54) is 11.3 Å². The number of thiazole rings is 1. The normalized spacial score (nSPS) is 10.5. The monoisotopic (exact) mass is 394 g/mol. The summed E-state index contributed by atoms with van der Waals surface area (Å²) in [4.78, 5) is 29.9. The van der Waals surface area contributed by atoms with Gasteiger partial charge in [-0.1, -0.05) is 30.3 Å². The van der Waals surface area contributed by atoms with E-state index >= 15 is 0 Å². The minimum Gasteiger partial charge on any atom is -0.494 e. The van der Waals surface area contributed by atoms with E-state index in [1.54, 1.807) is 12.1 Å². The van der Waals surface area contributed by atoms with Crippen LogP contribution < -0.4 is 10.1 Å². The molecule has 0 aliphatic rings. The first-order valence-electron chi connectivity index (χ1n) is 9.15. The van der Waals surface area contributed by atoms with Gasteiger partial charge in [0.25, 0.3) is 0 Å². The molecular formula is C22H22N2O3S. The molecule has 3 aromatic rings. The molecule has 0 saturated carbocycles. The number of amides is 1. The zero-order chi connectivity index (χ0) is 19.9. The van der Waals surface area contributed by atoms with E-state index in [1.807, 2.05) is 56.3 Å². The van der Waals surface area contributed by atoms with Crippen molar-refractivity contribution in [1.82, 2.24) is 4.98 Å². The molecule has 2 aromatic carbocycles. The van der Waals surface area contributed by atoms with Crippen molar-refractivity contribution in [3.63, 3.8) is 0 Å². The van der Waals surface area contributed by atoms with Gasteiger partial charge in [0.2, 0.25) is 5.91 Å². The number of anilines is 1. The lowest BCUT2D eigenvalue weighted by atomic mass is 10.1. The number of aromatic nitrogens is 1. The molecule has 0 unspecified atom stereocenters. The molecule has 1 N–H and O–H groups in total. The first-order chi connectivity index (χ1) is 13.6. The third-order valence-corrected chi connectivity index (χ3v) is 5.04. The van der Waals surface area contributed by atoms with Gasteiger partial charge < -0.3 is 10.1 Å². The molecule has 3 rings (SSSR count). The van der Waals surface area contributed by atoms with Crippen molar-refractivity contribution in [2.75, 3.05) is 11.9 Å². The lowest BCUT2D eigenvalue weighted by molar-refractivity contribution is -0.116. The largest absolute Gasteiger partial charge is 0.494 e. The van der Waals surface area contributed by atoms with Crippen molar-refractivity contribution in [3.05, 3.63) is 65.0 Å². The Morgan fingerprint density at radius 3 is 2.43 bits per heavy atom. The summed E-state index contributed by atoms with van der Waals surface area (Å²) in [5.74, 6) is 0.563. The van der Waals surface area contributed by atoms with Gasteiger partial charge in [0.05, 0.1) is 12.3 Å². The number of nitrogens with one attached hydrogen (secondary N) is 1. The second kappa shape index (κ2) is 9.28. The molecule has 0 fully saturated rings. The molecule has 1 amide bonds. The third-order valence-electron chi connectivity index (χ3n) is 4.16. The predicted octanol–water partition coefficient (Wildman–Crippen LogP) is 5.12. The quantitative estimate of drug-likeness (QED) is 0.539. The van der Waals surface area contributed by atoms with E-state index in [0.29, 0.717) is 17.3 Å². The summed E-state index contributed by atoms with van der Waals surface area (Å²) in [5, 5.41) is 3.34. The number of aryl methyl sites for hydroxylation is 1. The van der Waals surface area contributed by atoms with Crippen LogP contribution in [0.15, 0.2) is 54.6 Å². The van der Waals surface area contributed by atoms with E-state index in [0.717, 1.165) is 21.9 Å². The zero-order valence-corrected chi connectivity index (χ0v) is 16.7. The van der Waals surface area contributed by atoms with Crippen LogP contribution in [0.4, 0.5) is 5.13 Å². The summed E-state index contributed by atoms with van der Waals surface area (Å²) in [5.41, 5.74) is 2.43. The van der Waals surface area contributed by atoms with Crippen LogP contribution >= 0.6 is 11.3 Å². The number of hydrogen-bond donors (Lipinski definition) is 1. The predicted molar refractivity (Wildman–Crippen MR) is 112 cm³/mol. The second-order valence-corrected chi connectivity index (χ2v) is 7.42. The molecule has 28 heavy (non-hydrogen) atoms. The van der Waals surface area contributed by atoms with Crippen molar-refractivity contribution in [3.8, 4) is 17.0 Å². The van der Waals surface area contributed by atoms with Crippen molar-refractivity contribution < 1.29 is 14.3 Å². The Labute approximate surface area is 168 Å². The van der Waals surface area contributed by atoms with Crippen molar-refractivity contribution in [2.45, 2.75) is 26.7 Å². The number of rotatable bonds is 8. The molecule has 0 spiro atoms. The molecule has 0 aliphatic heterocycles. The van der Waals surface area contributed by atoms with Crippen molar-refractivity contribution >= 4 is 28.2 Å². The van der Waals surface area contributed by atoms with Gasteiger partial charge in [-0.05, 0) is 38.1 Å². The molecule has 0 bridgehead atoms. The Bertz CT molecular complexity index is 950. The Kier molecular flexibility index (Phi) is 6.55. The Hall–Kier alpha value is -2.99. The van der Waals surface area contributed by atoms with Gasteiger partial charge in [-0.2, -0.15) is 0 Å². The summed E-state index contributed by atoms with van der Waals surface area (Å²) in [6.07, 6.45) is 0.302. The molecule has 5 nitrogen and oxygen atoms in total. The van der Waals surface area contributed by atoms with Crippen molar-refractivity contribution in [2.24, 2.45) is 0 Å². The van der Waals surface area contributed by atoms with Gasteiger partial charge in [-0.25, -0.2) is 4.98 Å². The first kappa shape index (κ1) is 19.8. The molecule has 0 saturated heterocycles. The van der Waals surface area contributed by atoms with E-state index in [9.17, 15) is 9.59 Å². The lowest BCUT2D eigenvalue weighted by Gasteiger charge is -2.04. The Morgan fingerprint density at radius 1 is 1.04 bits per heavy atom. The minimum absolute atomic E-state index is 0.0406. The molecule has 144 valence electrons. The van der Waals surface area contributed by atoms with Gasteiger partial charge in [0, 0.05) is 28.8 Å². The number of nitrogens with zero attached hydrogens (tertiary/aromatic N) is 1. The van der Waals surface area contributed by atoms with E-state index in [-0.39, 0.29) is 24.5 Å². The highest BCUT2D eigenvalue weighted by molar-refractivity contribution is 7.16. The molecule has 0 radical (unpaired) electrons. The average molecular weight is 394 g/mol. The number of carbonyl (C=O) groups is 2. The molecule has 0 atom stereocenters. The molecule has 1 heterocycles. The van der Waals surface area contributed by atoms with Crippen LogP contribution in [0.1, 0.15) is 35.0 Å². The zero-order valence-electron chi connectivity index (χ0n) is 15.9. The number of Topliss-reactive ketones (excluding diaryl/α,β-unsaturated/α-hetero) is 1. The average Bonchev–Trinajstić information content (AvgIpc) is 3.07. The van der Waals surface area contributed by atoms with Crippen LogP contribution in [-0.4, -0.2) is 23.3 Å². The van der Waals surface area contributed by atoms with Gasteiger partial charge in [-0.15, -0.1) is 11.3 Å². The molecular weight excluding hydrogens is 372 g/mol. The summed E-state index contributed by atoms with van der Waals surface area (Å²) in [6, 6.07) is 16.7. The summed E-state index contributed by atoms with van der Waals surface area (Å²) >= 11 is 1.42. The van der Waals surface area contributed by atoms with Gasteiger partial charge in [0.1, 0.15) is 5.75 Å². The fraction of sp³-hybridized carbons (Fsp3) is 0.227. The smallest absolute Gasteiger partial charge is 0.226 e. The standard InChI is InChI=1S/C22H22N2O3S/c1-3-27-18-11-9-17(10-12-18)21-15(2)28-22(24-21)23-20(26)14-13-19(25)16-7-5-4-6-8-16/h4-12H,3,13-14H2,1-2H3,(H,23,24,26). The number of benzene rings is 2. The van der Waals surface area contributed by atoms with Gasteiger partial charge in [0.15, 0.2) is 10.9 Å². The SMILES string of the molecule is CCOc1ccc(-c2nc(NC(=O)CCC(=O)c3ccccc3)sc2C)cc1. The van der Waals surface area contributed by atoms with Crippen LogP contribution in [0.5, 0.6) is 5.75 Å². The maximum atomic E-state index is 12.2. The molecule has 1 aromatic heterocycles. The summed E-state index contributed by atoms with van der Waals surface area (Å²) < 4.78 is 5.46. The van der Waals surface area contributed by atoms with Crippen LogP contribution in [-0.2, 0) is 4.79 Å². The number of hydrogen-bond acceptors (Lipinski definition) is 5. The van der Waals surface area contributed by atoms with E-state index in [2.05, 4.69) is 10.3 Å². The number of carbonyl (C=O) groups excluding carboxylic acids is 2. The van der Waals surface area contributed by atoms with Crippen molar-refractivity contribution in [1.29, 1.82) is 0 Å². The van der Waals surface area contributed by atoms with Gasteiger partial charge in [-0.3, -0.25) is 9.59 Å². The highest BCUT2D eigenvalue weighted by Crippen LogP contribution is 2.31. The summed E-state index contributed by atoms with van der Waals surface area (Å²) in [7, 11) is 0. The number of ether oxygens (including phenoxy) is 1. The maximum Gasteiger partial charge on any atom is 0.226 e. The molecule has 6 heteroatoms. The summed E-state index contributed by atoms with van der Waals surface area (Å²) in [6.45, 7) is 4.54. The van der Waals surface area contributed by atoms with Crippen LogP contribution in [0, 0.1) is 6.92 Å². The van der Waals surface area contributed by atoms with Crippen LogP contribution in [0.25, 0.3) is 11.3 Å². The second-order valence-electron chi connectivity index (χ2n) is 6.22. The highest BCUT2D eigenvalue weighted by atomic mass is 32.1. The fourth-order valence-corrected chi connectivity index (χ4v) is 3.62. The highest BCUT2D eigenvalue weighted by Gasteiger charge is 2.14. The topological polar surface area (TPSA) is 68.3 Å². The minimum atomic E-state index is -0.212. The lowest BCUT2D eigenvalue weighted by Crippen LogP contribution is -2.13. The maximum absolute atomic E-state index is 12.2. The van der Waals surface area contributed by atoms with Crippen LogP contribution in [0.3, 0.4) is 0 Å². The number of ketones is 1. The van der Waals surface area contributed by atoms with Gasteiger partial charge >= 0.3 is 0 Å². The first-order valence-corrected chi connectivity index (χ1v) is 9.97. The van der Waals surface area contributed by atoms with Crippen LogP contribution in [0.2, 0.25) is 0 Å². The fourth-order valence-electron chi connectivity index (χ4n) is 2.77. The third kappa shape index (κ3) is 5.04. The van der Waals surface area contributed by atoms with E-state index < -0.39 is 0 Å².